The van der Waals surface area contributed by atoms with Gasteiger partial charge in [0.25, 0.3) is 12.9 Å². The highest BCUT2D eigenvalue weighted by molar-refractivity contribution is 7.22. The van der Waals surface area contributed by atoms with Crippen LogP contribution in [0.15, 0.2) is 36.8 Å². The van der Waals surface area contributed by atoms with Gasteiger partial charge < -0.3 is 21.3 Å². The smallest absolute Gasteiger partial charge is 0.290 e. The number of nitrogens with two attached hydrogens (primary N) is 1. The summed E-state index contributed by atoms with van der Waals surface area (Å²) in [5.74, 6) is 1.17. The van der Waals surface area contributed by atoms with Gasteiger partial charge in [0.15, 0.2) is 5.82 Å². The number of thiazole rings is 1. The standard InChI is InChI=1S/C18H13Cl2N7S.2CH2O2/c1-8-4-13(25-7-24-8)27-17-15-12(2-3-23-17)26-18(28-15)14-10(19)5-9(16(21)22)6-11(14)20;2*2-1-3/h2-7H,1H3,(H3,21,22)(H,23,24,25,27);2*1H,(H,2,3). The van der Waals surface area contributed by atoms with Gasteiger partial charge in [-0.3, -0.25) is 15.0 Å². The van der Waals surface area contributed by atoms with Gasteiger partial charge in [-0.25, -0.2) is 19.9 Å². The van der Waals surface area contributed by atoms with E-state index in [1.807, 2.05) is 19.1 Å². The van der Waals surface area contributed by atoms with Gasteiger partial charge in [-0.15, -0.1) is 11.3 Å². The molecule has 3 aromatic heterocycles. The van der Waals surface area contributed by atoms with Crippen LogP contribution in [0.3, 0.4) is 0 Å². The lowest BCUT2D eigenvalue weighted by Crippen LogP contribution is -2.11. The maximum Gasteiger partial charge on any atom is 0.290 e. The first-order valence-electron chi connectivity index (χ1n) is 9.06. The first-order valence-corrected chi connectivity index (χ1v) is 10.6. The minimum absolute atomic E-state index is 0.101. The number of nitrogen functional groups attached to an aromatic ring is 1. The van der Waals surface area contributed by atoms with Crippen LogP contribution in [0, 0.1) is 12.3 Å². The van der Waals surface area contributed by atoms with E-state index in [0.717, 1.165) is 15.9 Å². The number of nitrogens with zero attached hydrogens (tertiary/aromatic N) is 4. The summed E-state index contributed by atoms with van der Waals surface area (Å²) in [6.45, 7) is 1.39. The van der Waals surface area contributed by atoms with Crippen molar-refractivity contribution in [1.82, 2.24) is 19.9 Å². The average Bonchev–Trinajstić information content (AvgIpc) is 3.19. The summed E-state index contributed by atoms with van der Waals surface area (Å²) < 4.78 is 0.844. The molecule has 4 rings (SSSR count). The second-order valence-electron chi connectivity index (χ2n) is 6.14. The van der Waals surface area contributed by atoms with Crippen LogP contribution in [0.2, 0.25) is 10.0 Å². The predicted octanol–water partition coefficient (Wildman–Crippen LogP) is 4.19. The van der Waals surface area contributed by atoms with E-state index in [9.17, 15) is 0 Å². The van der Waals surface area contributed by atoms with Crippen molar-refractivity contribution in [2.75, 3.05) is 5.32 Å². The zero-order valence-electron chi connectivity index (χ0n) is 17.4. The molecule has 0 unspecified atom stereocenters. The molecule has 6 N–H and O–H groups in total. The van der Waals surface area contributed by atoms with Gasteiger partial charge in [0.05, 0.1) is 20.3 Å². The molecular formula is C20H17Cl2N7O4S. The molecule has 11 nitrogen and oxygen atoms in total. The molecule has 4 aromatic rings. The van der Waals surface area contributed by atoms with E-state index in [1.54, 1.807) is 18.3 Å². The van der Waals surface area contributed by atoms with Crippen LogP contribution in [0.4, 0.5) is 11.6 Å². The molecule has 0 radical (unpaired) electrons. The lowest BCUT2D eigenvalue weighted by molar-refractivity contribution is -0.123. The summed E-state index contributed by atoms with van der Waals surface area (Å²) in [7, 11) is 0. The SMILES string of the molecule is Cc1cc(Nc2nccc3nc(-c4c(Cl)cc(C(=N)N)cc4Cl)sc23)ncn1.O=CO.O=CO. The molecule has 0 aliphatic rings. The third-order valence-electron chi connectivity index (χ3n) is 3.92. The van der Waals surface area contributed by atoms with Crippen molar-refractivity contribution >= 4 is 75.2 Å². The molecule has 0 bridgehead atoms. The molecule has 0 fully saturated rings. The number of hydrogen-bond acceptors (Lipinski definition) is 9. The number of carbonyl (C=O) groups is 2. The summed E-state index contributed by atoms with van der Waals surface area (Å²) in [5.41, 5.74) is 8.19. The number of aromatic nitrogens is 4. The Kier molecular flexibility index (Phi) is 9.62. The number of carboxylic acid groups (broad SMARTS) is 2. The van der Waals surface area contributed by atoms with Crippen LogP contribution < -0.4 is 11.1 Å². The quantitative estimate of drug-likeness (QED) is 0.148. The minimum Gasteiger partial charge on any atom is -0.483 e. The second kappa shape index (κ2) is 12.4. The Balaban J connectivity index is 0.000000618. The fraction of sp³-hybridized carbons (Fsp3) is 0.0500. The maximum atomic E-state index is 8.36. The second-order valence-corrected chi connectivity index (χ2v) is 7.95. The van der Waals surface area contributed by atoms with Crippen LogP contribution in [-0.2, 0) is 9.59 Å². The molecule has 0 amide bonds. The van der Waals surface area contributed by atoms with Gasteiger partial charge in [-0.1, -0.05) is 23.2 Å². The molecule has 0 aliphatic heterocycles. The van der Waals surface area contributed by atoms with Crippen molar-refractivity contribution in [3.63, 3.8) is 0 Å². The topological polar surface area (TPSA) is 188 Å². The number of fused-ring (bicyclic) bond motifs is 1. The van der Waals surface area contributed by atoms with E-state index >= 15 is 0 Å². The third kappa shape index (κ3) is 6.57. The van der Waals surface area contributed by atoms with E-state index in [4.69, 9.17) is 54.1 Å². The Hall–Kier alpha value is -3.87. The number of halogens is 2. The average molecular weight is 522 g/mol. The molecule has 176 valence electrons. The van der Waals surface area contributed by atoms with Gasteiger partial charge in [0.2, 0.25) is 0 Å². The molecule has 0 saturated carbocycles. The van der Waals surface area contributed by atoms with Crippen molar-refractivity contribution in [2.24, 2.45) is 5.73 Å². The summed E-state index contributed by atoms with van der Waals surface area (Å²) in [4.78, 5) is 34.1. The van der Waals surface area contributed by atoms with Crippen molar-refractivity contribution < 1.29 is 19.8 Å². The highest BCUT2D eigenvalue weighted by atomic mass is 35.5. The number of hydrogen-bond donors (Lipinski definition) is 5. The van der Waals surface area contributed by atoms with Crippen LogP contribution >= 0.6 is 34.5 Å². The highest BCUT2D eigenvalue weighted by Gasteiger charge is 2.18. The zero-order valence-corrected chi connectivity index (χ0v) is 19.7. The van der Waals surface area contributed by atoms with Crippen molar-refractivity contribution in [3.05, 3.63) is 58.1 Å². The summed E-state index contributed by atoms with van der Waals surface area (Å²) >= 11 is 14.2. The fourth-order valence-electron chi connectivity index (χ4n) is 2.63. The van der Waals surface area contributed by atoms with Gasteiger partial charge in [0.1, 0.15) is 23.0 Å². The van der Waals surface area contributed by atoms with Gasteiger partial charge in [-0.2, -0.15) is 0 Å². The molecule has 0 spiro atoms. The third-order valence-corrected chi connectivity index (χ3v) is 5.61. The summed E-state index contributed by atoms with van der Waals surface area (Å²) in [6, 6.07) is 6.87. The monoisotopic (exact) mass is 521 g/mol. The van der Waals surface area contributed by atoms with E-state index in [1.165, 1.54) is 17.7 Å². The predicted molar refractivity (Wildman–Crippen MR) is 131 cm³/mol. The largest absolute Gasteiger partial charge is 0.483 e. The first kappa shape index (κ1) is 26.4. The van der Waals surface area contributed by atoms with E-state index in [-0.39, 0.29) is 18.8 Å². The molecule has 34 heavy (non-hydrogen) atoms. The van der Waals surface area contributed by atoms with Gasteiger partial charge in [-0.05, 0) is 25.1 Å². The number of nitrogens with one attached hydrogen (secondary N) is 2. The molecule has 14 heteroatoms. The number of rotatable bonds is 4. The van der Waals surface area contributed by atoms with Crippen LogP contribution in [0.5, 0.6) is 0 Å². The highest BCUT2D eigenvalue weighted by Crippen LogP contribution is 2.41. The molecule has 1 aromatic carbocycles. The van der Waals surface area contributed by atoms with E-state index in [0.29, 0.717) is 37.8 Å². The number of pyridine rings is 1. The molecular weight excluding hydrogens is 505 g/mol. The lowest BCUT2D eigenvalue weighted by atomic mass is 10.1. The Bertz CT molecular complexity index is 1300. The number of amidine groups is 1. The number of aryl methyl sites for hydroxylation is 1. The normalized spacial score (nSPS) is 9.74. The molecule has 0 atom stereocenters. The minimum atomic E-state index is -0.250. The van der Waals surface area contributed by atoms with Crippen LogP contribution in [-0.4, -0.2) is 48.9 Å². The van der Waals surface area contributed by atoms with Crippen molar-refractivity contribution in [1.29, 1.82) is 5.41 Å². The molecule has 3 heterocycles. The van der Waals surface area contributed by atoms with Crippen molar-refractivity contribution in [3.8, 4) is 10.6 Å². The number of anilines is 2. The summed E-state index contributed by atoms with van der Waals surface area (Å²) in [5, 5.41) is 26.0. The fourth-order valence-corrected chi connectivity index (χ4v) is 4.48. The van der Waals surface area contributed by atoms with Gasteiger partial charge >= 0.3 is 0 Å². The van der Waals surface area contributed by atoms with E-state index in [2.05, 4.69) is 25.3 Å². The zero-order chi connectivity index (χ0) is 25.3. The van der Waals surface area contributed by atoms with E-state index < -0.39 is 0 Å². The Morgan fingerprint density at radius 3 is 2.29 bits per heavy atom. The van der Waals surface area contributed by atoms with Crippen LogP contribution in [0.25, 0.3) is 20.8 Å². The van der Waals surface area contributed by atoms with Gasteiger partial charge in [0, 0.05) is 29.1 Å². The maximum absolute atomic E-state index is 8.36. The first-order chi connectivity index (χ1) is 16.2. The molecule has 0 aliphatic carbocycles. The summed E-state index contributed by atoms with van der Waals surface area (Å²) in [6.07, 6.45) is 3.16. The Labute approximate surface area is 206 Å². The number of benzene rings is 1. The lowest BCUT2D eigenvalue weighted by Gasteiger charge is -2.07. The Morgan fingerprint density at radius 2 is 1.74 bits per heavy atom. The molecule has 0 saturated heterocycles. The van der Waals surface area contributed by atoms with Crippen molar-refractivity contribution in [2.45, 2.75) is 6.92 Å². The Morgan fingerprint density at radius 1 is 1.12 bits per heavy atom. The van der Waals surface area contributed by atoms with Crippen LogP contribution in [0.1, 0.15) is 11.3 Å².